The number of piperidine rings is 3. The lowest BCUT2D eigenvalue weighted by molar-refractivity contribution is 0.135. The second kappa shape index (κ2) is 8.72. The van der Waals surface area contributed by atoms with Crippen molar-refractivity contribution in [2.75, 3.05) is 13.1 Å². The maximum Gasteiger partial charge on any atom is 0.163 e. The number of aliphatic imine (C=N–C) groups is 1. The van der Waals surface area contributed by atoms with Gasteiger partial charge in [-0.25, -0.2) is 8.78 Å². The molecule has 3 heterocycles. The molecule has 3 saturated heterocycles. The van der Waals surface area contributed by atoms with E-state index >= 15 is 0 Å². The van der Waals surface area contributed by atoms with Gasteiger partial charge in [-0.1, -0.05) is 72.8 Å². The van der Waals surface area contributed by atoms with Crippen molar-refractivity contribution in [3.8, 4) is 0 Å². The third-order valence-electron chi connectivity index (χ3n) is 6.74. The summed E-state index contributed by atoms with van der Waals surface area (Å²) >= 11 is 0. The molecule has 2 nitrogen and oxygen atoms in total. The molecule has 158 valence electrons. The van der Waals surface area contributed by atoms with Crippen LogP contribution >= 0.6 is 0 Å². The Morgan fingerprint density at radius 1 is 0.806 bits per heavy atom. The highest BCUT2D eigenvalue weighted by Crippen LogP contribution is 2.40. The van der Waals surface area contributed by atoms with Crippen LogP contribution in [-0.2, 0) is 6.54 Å². The summed E-state index contributed by atoms with van der Waals surface area (Å²) in [7, 11) is 0. The highest BCUT2D eigenvalue weighted by molar-refractivity contribution is 5.94. The summed E-state index contributed by atoms with van der Waals surface area (Å²) in [4.78, 5) is 7.49. The van der Waals surface area contributed by atoms with E-state index in [0.717, 1.165) is 37.7 Å². The Morgan fingerprint density at radius 2 is 1.42 bits per heavy atom. The molecular formula is C27H26F2N2. The highest BCUT2D eigenvalue weighted by atomic mass is 19.2. The molecule has 0 aliphatic carbocycles. The average Bonchev–Trinajstić information content (AvgIpc) is 2.83. The van der Waals surface area contributed by atoms with Gasteiger partial charge < -0.3 is 0 Å². The van der Waals surface area contributed by atoms with Gasteiger partial charge in [-0.3, -0.25) is 9.89 Å². The van der Waals surface area contributed by atoms with E-state index in [1.807, 2.05) is 12.1 Å². The van der Waals surface area contributed by atoms with Crippen LogP contribution in [0.4, 0.5) is 8.78 Å². The van der Waals surface area contributed by atoms with Gasteiger partial charge in [0, 0.05) is 23.1 Å². The molecule has 31 heavy (non-hydrogen) atoms. The van der Waals surface area contributed by atoms with Crippen LogP contribution in [-0.4, -0.2) is 29.7 Å². The van der Waals surface area contributed by atoms with E-state index < -0.39 is 11.6 Å². The normalized spacial score (nSPS) is 24.1. The third-order valence-corrected chi connectivity index (χ3v) is 6.74. The highest BCUT2D eigenvalue weighted by Gasteiger charge is 2.43. The number of hydrogen-bond donors (Lipinski definition) is 0. The van der Waals surface area contributed by atoms with Gasteiger partial charge in [-0.2, -0.15) is 0 Å². The molecule has 3 fully saturated rings. The van der Waals surface area contributed by atoms with Crippen LogP contribution in [0.1, 0.15) is 35.4 Å². The van der Waals surface area contributed by atoms with E-state index in [4.69, 9.17) is 4.99 Å². The van der Waals surface area contributed by atoms with Gasteiger partial charge in [0.2, 0.25) is 0 Å². The summed E-state index contributed by atoms with van der Waals surface area (Å²) in [6.45, 7) is 2.29. The largest absolute Gasteiger partial charge is 0.294 e. The van der Waals surface area contributed by atoms with Crippen LogP contribution < -0.4 is 0 Å². The maximum absolute atomic E-state index is 14.3. The Morgan fingerprint density at radius 3 is 2.03 bits per heavy atom. The predicted octanol–water partition coefficient (Wildman–Crippen LogP) is 5.83. The summed E-state index contributed by atoms with van der Waals surface area (Å²) in [6.07, 6.45) is 2.16. The number of benzene rings is 3. The molecule has 0 aromatic heterocycles. The Hall–Kier alpha value is -2.85. The van der Waals surface area contributed by atoms with E-state index in [0.29, 0.717) is 11.5 Å². The first-order valence-electron chi connectivity index (χ1n) is 11.0. The van der Waals surface area contributed by atoms with Crippen molar-refractivity contribution in [1.29, 1.82) is 0 Å². The zero-order valence-electron chi connectivity index (χ0n) is 17.4. The van der Waals surface area contributed by atoms with Crippen molar-refractivity contribution in [2.24, 2.45) is 10.9 Å². The minimum atomic E-state index is -0.811. The topological polar surface area (TPSA) is 15.6 Å². The van der Waals surface area contributed by atoms with E-state index in [1.165, 1.54) is 11.1 Å². The Kier molecular flexibility index (Phi) is 5.65. The van der Waals surface area contributed by atoms with E-state index in [9.17, 15) is 8.78 Å². The van der Waals surface area contributed by atoms with Gasteiger partial charge in [0.25, 0.3) is 0 Å². The van der Waals surface area contributed by atoms with E-state index in [2.05, 4.69) is 53.4 Å². The molecule has 3 aliphatic heterocycles. The van der Waals surface area contributed by atoms with Crippen molar-refractivity contribution >= 4 is 5.71 Å². The van der Waals surface area contributed by atoms with Crippen molar-refractivity contribution in [2.45, 2.75) is 31.3 Å². The number of hydrogen-bond acceptors (Lipinski definition) is 2. The summed E-state index contributed by atoms with van der Waals surface area (Å²) in [5.74, 6) is -1.04. The second-order valence-electron chi connectivity index (χ2n) is 8.51. The van der Waals surface area contributed by atoms with Gasteiger partial charge in [0.15, 0.2) is 11.6 Å². The summed E-state index contributed by atoms with van der Waals surface area (Å²) in [6, 6.07) is 25.6. The minimum Gasteiger partial charge on any atom is -0.294 e. The standard InChI is InChI=1S/C27H26F2N2/c28-23-13-7-12-22(25(23)29)18-30-26-21-14-16-31(17-15-21)27(26)24(19-8-3-1-4-9-19)20-10-5-2-6-11-20/h1-13,21,24,27H,14-18H2. The number of rotatable bonds is 5. The predicted molar refractivity (Wildman–Crippen MR) is 120 cm³/mol. The summed E-state index contributed by atoms with van der Waals surface area (Å²) < 4.78 is 28.0. The Bertz CT molecular complexity index is 1020. The molecule has 0 radical (unpaired) electrons. The molecule has 1 unspecified atom stereocenters. The zero-order chi connectivity index (χ0) is 21.2. The lowest BCUT2D eigenvalue weighted by atomic mass is 9.72. The first-order valence-corrected chi connectivity index (χ1v) is 11.0. The van der Waals surface area contributed by atoms with E-state index in [-0.39, 0.29) is 18.5 Å². The molecule has 3 aromatic rings. The Balaban J connectivity index is 1.57. The van der Waals surface area contributed by atoms with Crippen molar-refractivity contribution < 1.29 is 8.78 Å². The molecule has 0 spiro atoms. The lowest BCUT2D eigenvalue weighted by Gasteiger charge is -2.49. The van der Waals surface area contributed by atoms with Gasteiger partial charge in [0.1, 0.15) is 0 Å². The first-order chi connectivity index (χ1) is 15.2. The van der Waals surface area contributed by atoms with Crippen LogP contribution in [0, 0.1) is 17.6 Å². The van der Waals surface area contributed by atoms with E-state index in [1.54, 1.807) is 12.1 Å². The second-order valence-corrected chi connectivity index (χ2v) is 8.51. The SMILES string of the molecule is Fc1cccc(CN=C2C3CCN(CC3)C2C(c2ccccc2)c2ccccc2)c1F. The van der Waals surface area contributed by atoms with Crippen molar-refractivity contribution in [3.63, 3.8) is 0 Å². The van der Waals surface area contributed by atoms with Crippen LogP contribution in [0.15, 0.2) is 83.9 Å². The van der Waals surface area contributed by atoms with Crippen LogP contribution in [0.2, 0.25) is 0 Å². The fourth-order valence-corrected chi connectivity index (χ4v) is 5.23. The van der Waals surface area contributed by atoms with Crippen molar-refractivity contribution in [3.05, 3.63) is 107 Å². The molecule has 0 saturated carbocycles. The van der Waals surface area contributed by atoms with Crippen LogP contribution in [0.5, 0.6) is 0 Å². The molecule has 1 atom stereocenters. The van der Waals surface area contributed by atoms with Gasteiger partial charge in [-0.05, 0) is 43.1 Å². The molecule has 6 rings (SSSR count). The summed E-state index contributed by atoms with van der Waals surface area (Å²) in [5, 5.41) is 0. The maximum atomic E-state index is 14.3. The van der Waals surface area contributed by atoms with Gasteiger partial charge in [0.05, 0.1) is 12.6 Å². The number of nitrogens with zero attached hydrogens (tertiary/aromatic N) is 2. The molecular weight excluding hydrogens is 390 g/mol. The molecule has 0 amide bonds. The fraction of sp³-hybridized carbons (Fsp3) is 0.296. The molecule has 4 heteroatoms. The average molecular weight is 417 g/mol. The van der Waals surface area contributed by atoms with Crippen molar-refractivity contribution in [1.82, 2.24) is 4.90 Å². The smallest absolute Gasteiger partial charge is 0.163 e. The lowest BCUT2D eigenvalue weighted by Crippen LogP contribution is -2.58. The monoisotopic (exact) mass is 416 g/mol. The first kappa shape index (κ1) is 20.1. The molecule has 0 N–H and O–H groups in total. The fourth-order valence-electron chi connectivity index (χ4n) is 5.23. The quantitative estimate of drug-likeness (QED) is 0.511. The molecule has 3 aliphatic rings. The van der Waals surface area contributed by atoms with Gasteiger partial charge in [-0.15, -0.1) is 0 Å². The zero-order valence-corrected chi connectivity index (χ0v) is 17.4. The minimum absolute atomic E-state index is 0.133. The third kappa shape index (κ3) is 3.92. The molecule has 2 bridgehead atoms. The van der Waals surface area contributed by atoms with Gasteiger partial charge >= 0.3 is 0 Å². The summed E-state index contributed by atoms with van der Waals surface area (Å²) in [5.41, 5.74) is 3.98. The molecule has 3 aromatic carbocycles. The number of fused-ring (bicyclic) bond motifs is 3. The van der Waals surface area contributed by atoms with Crippen LogP contribution in [0.25, 0.3) is 0 Å². The Labute approximate surface area is 182 Å². The van der Waals surface area contributed by atoms with Crippen LogP contribution in [0.3, 0.4) is 0 Å². The number of halogens is 2.